The maximum atomic E-state index is 5.98. The first kappa shape index (κ1) is 15.1. The van der Waals surface area contributed by atoms with Gasteiger partial charge < -0.3 is 11.5 Å². The van der Waals surface area contributed by atoms with Crippen molar-refractivity contribution in [3.63, 3.8) is 0 Å². The topological polar surface area (TPSA) is 52.0 Å². The first-order valence-electron chi connectivity index (χ1n) is 6.46. The lowest BCUT2D eigenvalue weighted by molar-refractivity contribution is 1.30. The number of hydrogen-bond acceptors (Lipinski definition) is 4. The lowest BCUT2D eigenvalue weighted by atomic mass is 10.1. The standard InChI is InChI=1S/C16H20N2S2/c1-9-5-13(6-10(2)15(9)17)19-20-14-7-11(3)16(18)12(4)8-14/h5-8H,17-18H2,1-4H3. The Bertz CT molecular complexity index is 547. The molecule has 0 heterocycles. The van der Waals surface area contributed by atoms with Crippen LogP contribution in [0.4, 0.5) is 11.4 Å². The second-order valence-corrected chi connectivity index (χ2v) is 7.38. The second kappa shape index (κ2) is 6.02. The molecule has 2 aromatic carbocycles. The van der Waals surface area contributed by atoms with Crippen LogP contribution in [0.2, 0.25) is 0 Å². The van der Waals surface area contributed by atoms with Crippen LogP contribution >= 0.6 is 21.6 Å². The van der Waals surface area contributed by atoms with Gasteiger partial charge in [-0.15, -0.1) is 0 Å². The van der Waals surface area contributed by atoms with Crippen molar-refractivity contribution in [2.45, 2.75) is 37.5 Å². The van der Waals surface area contributed by atoms with E-state index in [0.717, 1.165) is 33.6 Å². The Morgan fingerprint density at radius 3 is 1.10 bits per heavy atom. The van der Waals surface area contributed by atoms with E-state index in [0.29, 0.717) is 0 Å². The number of hydrogen-bond donors (Lipinski definition) is 2. The molecule has 2 nitrogen and oxygen atoms in total. The molecule has 2 aromatic rings. The van der Waals surface area contributed by atoms with Crippen LogP contribution in [0.3, 0.4) is 0 Å². The van der Waals surface area contributed by atoms with Gasteiger partial charge in [0.1, 0.15) is 0 Å². The Hall–Kier alpha value is -1.26. The average molecular weight is 304 g/mol. The van der Waals surface area contributed by atoms with Crippen molar-refractivity contribution in [3.8, 4) is 0 Å². The van der Waals surface area contributed by atoms with Crippen LogP contribution in [0.15, 0.2) is 34.1 Å². The van der Waals surface area contributed by atoms with Crippen LogP contribution in [0.25, 0.3) is 0 Å². The molecule has 106 valence electrons. The van der Waals surface area contributed by atoms with Crippen molar-refractivity contribution >= 4 is 33.0 Å². The molecule has 0 aliphatic rings. The Balaban J connectivity index is 2.17. The molecule has 0 fully saturated rings. The minimum atomic E-state index is 0.888. The summed E-state index contributed by atoms with van der Waals surface area (Å²) in [5, 5.41) is 0. The number of rotatable bonds is 3. The summed E-state index contributed by atoms with van der Waals surface area (Å²) in [6, 6.07) is 8.54. The van der Waals surface area contributed by atoms with Crippen LogP contribution in [-0.4, -0.2) is 0 Å². The molecule has 4 heteroatoms. The highest BCUT2D eigenvalue weighted by Gasteiger charge is 2.06. The molecular formula is C16H20N2S2. The van der Waals surface area contributed by atoms with Crippen molar-refractivity contribution in [3.05, 3.63) is 46.5 Å². The molecule has 0 saturated carbocycles. The quantitative estimate of drug-likeness (QED) is 0.626. The fourth-order valence-electron chi connectivity index (χ4n) is 2.06. The third-order valence-electron chi connectivity index (χ3n) is 3.37. The summed E-state index contributed by atoms with van der Waals surface area (Å²) in [7, 11) is 3.51. The van der Waals surface area contributed by atoms with E-state index in [4.69, 9.17) is 11.5 Å². The molecular weight excluding hydrogens is 284 g/mol. The van der Waals surface area contributed by atoms with E-state index in [-0.39, 0.29) is 0 Å². The van der Waals surface area contributed by atoms with Gasteiger partial charge in [0.05, 0.1) is 0 Å². The molecule has 0 amide bonds. The van der Waals surface area contributed by atoms with E-state index in [1.54, 1.807) is 21.6 Å². The smallest absolute Gasteiger partial charge is 0.0374 e. The van der Waals surface area contributed by atoms with Crippen molar-refractivity contribution in [1.29, 1.82) is 0 Å². The molecule has 0 aliphatic heterocycles. The Morgan fingerprint density at radius 2 is 0.850 bits per heavy atom. The lowest BCUT2D eigenvalue weighted by Gasteiger charge is -2.10. The first-order chi connectivity index (χ1) is 9.38. The highest BCUT2D eigenvalue weighted by atomic mass is 33.1. The highest BCUT2D eigenvalue weighted by Crippen LogP contribution is 2.40. The van der Waals surface area contributed by atoms with Gasteiger partial charge in [0.25, 0.3) is 0 Å². The van der Waals surface area contributed by atoms with Crippen LogP contribution in [0.1, 0.15) is 22.3 Å². The van der Waals surface area contributed by atoms with E-state index >= 15 is 0 Å². The molecule has 2 rings (SSSR count). The number of nitrogens with two attached hydrogens (primary N) is 2. The van der Waals surface area contributed by atoms with Crippen molar-refractivity contribution < 1.29 is 0 Å². The fraction of sp³-hybridized carbons (Fsp3) is 0.250. The molecule has 0 unspecified atom stereocenters. The summed E-state index contributed by atoms with van der Waals surface area (Å²) < 4.78 is 0. The molecule has 0 atom stereocenters. The monoisotopic (exact) mass is 304 g/mol. The number of nitrogen functional groups attached to an aromatic ring is 2. The van der Waals surface area contributed by atoms with E-state index in [9.17, 15) is 0 Å². The molecule has 0 aromatic heterocycles. The molecule has 0 saturated heterocycles. The van der Waals surface area contributed by atoms with Gasteiger partial charge in [0.15, 0.2) is 0 Å². The second-order valence-electron chi connectivity index (χ2n) is 5.11. The minimum absolute atomic E-state index is 0.888. The SMILES string of the molecule is Cc1cc(SSc2cc(C)c(N)c(C)c2)cc(C)c1N. The third-order valence-corrected chi connectivity index (χ3v) is 5.71. The Labute approximate surface area is 128 Å². The molecule has 0 radical (unpaired) electrons. The number of aryl methyl sites for hydroxylation is 4. The largest absolute Gasteiger partial charge is 0.398 e. The van der Waals surface area contributed by atoms with E-state index in [1.165, 1.54) is 9.79 Å². The van der Waals surface area contributed by atoms with Gasteiger partial charge in [0, 0.05) is 21.2 Å². The highest BCUT2D eigenvalue weighted by molar-refractivity contribution is 8.76. The fourth-order valence-corrected chi connectivity index (χ4v) is 4.31. The zero-order chi connectivity index (χ0) is 14.9. The summed E-state index contributed by atoms with van der Waals surface area (Å²) in [4.78, 5) is 2.46. The lowest BCUT2D eigenvalue weighted by Crippen LogP contribution is -1.94. The maximum absolute atomic E-state index is 5.98. The number of benzene rings is 2. The zero-order valence-corrected chi connectivity index (χ0v) is 13.9. The maximum Gasteiger partial charge on any atom is 0.0374 e. The zero-order valence-electron chi connectivity index (χ0n) is 12.3. The predicted molar refractivity (Wildman–Crippen MR) is 92.4 cm³/mol. The Kier molecular flexibility index (Phi) is 4.55. The molecule has 4 N–H and O–H groups in total. The van der Waals surface area contributed by atoms with Gasteiger partial charge in [-0.2, -0.15) is 0 Å². The van der Waals surface area contributed by atoms with Crippen molar-refractivity contribution in [1.82, 2.24) is 0 Å². The van der Waals surface area contributed by atoms with Crippen molar-refractivity contribution in [2.75, 3.05) is 11.5 Å². The predicted octanol–water partition coefficient (Wildman–Crippen LogP) is 4.88. The summed E-state index contributed by atoms with van der Waals surface area (Å²) in [6.07, 6.45) is 0. The molecule has 0 spiro atoms. The van der Waals surface area contributed by atoms with Gasteiger partial charge in [-0.1, -0.05) is 21.6 Å². The van der Waals surface area contributed by atoms with Gasteiger partial charge in [-0.05, 0) is 74.2 Å². The van der Waals surface area contributed by atoms with Gasteiger partial charge in [0.2, 0.25) is 0 Å². The van der Waals surface area contributed by atoms with E-state index < -0.39 is 0 Å². The third kappa shape index (κ3) is 3.25. The molecule has 20 heavy (non-hydrogen) atoms. The average Bonchev–Trinajstić information content (AvgIpc) is 2.39. The number of anilines is 2. The molecule has 0 bridgehead atoms. The van der Waals surface area contributed by atoms with Gasteiger partial charge in [-0.25, -0.2) is 0 Å². The summed E-state index contributed by atoms with van der Waals surface area (Å²) >= 11 is 0. The van der Waals surface area contributed by atoms with Crippen LogP contribution < -0.4 is 11.5 Å². The summed E-state index contributed by atoms with van der Waals surface area (Å²) in [5.74, 6) is 0. The van der Waals surface area contributed by atoms with Crippen LogP contribution in [0, 0.1) is 27.7 Å². The molecule has 0 aliphatic carbocycles. The van der Waals surface area contributed by atoms with Gasteiger partial charge in [-0.3, -0.25) is 0 Å². The van der Waals surface area contributed by atoms with Crippen LogP contribution in [-0.2, 0) is 0 Å². The summed E-state index contributed by atoms with van der Waals surface area (Å²) in [6.45, 7) is 8.20. The summed E-state index contributed by atoms with van der Waals surface area (Å²) in [5.41, 5.74) is 18.3. The van der Waals surface area contributed by atoms with Crippen LogP contribution in [0.5, 0.6) is 0 Å². The normalized spacial score (nSPS) is 10.8. The van der Waals surface area contributed by atoms with E-state index in [2.05, 4.69) is 52.0 Å². The van der Waals surface area contributed by atoms with E-state index in [1.807, 2.05) is 0 Å². The van der Waals surface area contributed by atoms with Crippen molar-refractivity contribution in [2.24, 2.45) is 0 Å². The van der Waals surface area contributed by atoms with Gasteiger partial charge >= 0.3 is 0 Å². The Morgan fingerprint density at radius 1 is 0.600 bits per heavy atom. The first-order valence-corrected chi connectivity index (χ1v) is 8.61. The minimum Gasteiger partial charge on any atom is -0.398 e.